The van der Waals surface area contributed by atoms with E-state index in [2.05, 4.69) is 0 Å². The lowest BCUT2D eigenvalue weighted by molar-refractivity contribution is 0.0603. The fraction of sp³-hybridized carbons (Fsp3) is 0.0556. The molecule has 1 aromatic heterocycles. The van der Waals surface area contributed by atoms with Crippen LogP contribution >= 0.6 is 11.3 Å². The van der Waals surface area contributed by atoms with Crippen molar-refractivity contribution >= 4 is 17.3 Å². The second-order valence-corrected chi connectivity index (χ2v) is 5.46. The van der Waals surface area contributed by atoms with Gasteiger partial charge in [-0.1, -0.05) is 60.7 Å². The number of methoxy groups -OCH3 is 1. The highest BCUT2D eigenvalue weighted by Crippen LogP contribution is 2.38. The van der Waals surface area contributed by atoms with Crippen molar-refractivity contribution in [2.75, 3.05) is 7.11 Å². The van der Waals surface area contributed by atoms with E-state index in [1.54, 1.807) is 11.3 Å². The molecule has 0 aliphatic carbocycles. The molecule has 3 rings (SSSR count). The van der Waals surface area contributed by atoms with Crippen molar-refractivity contribution in [3.8, 4) is 21.6 Å². The average molecular weight is 294 g/mol. The highest BCUT2D eigenvalue weighted by atomic mass is 32.1. The highest BCUT2D eigenvalue weighted by Gasteiger charge is 2.21. The van der Waals surface area contributed by atoms with Gasteiger partial charge in [-0.3, -0.25) is 0 Å². The summed E-state index contributed by atoms with van der Waals surface area (Å²) in [4.78, 5) is 13.2. The number of carbonyl (C=O) groups is 1. The first-order valence-electron chi connectivity index (χ1n) is 6.62. The van der Waals surface area contributed by atoms with E-state index in [0.717, 1.165) is 21.6 Å². The third-order valence-electron chi connectivity index (χ3n) is 3.30. The van der Waals surface area contributed by atoms with Gasteiger partial charge in [0, 0.05) is 15.8 Å². The van der Waals surface area contributed by atoms with Crippen LogP contribution in [0.5, 0.6) is 0 Å². The van der Waals surface area contributed by atoms with E-state index in [0.29, 0.717) is 5.56 Å². The molecule has 0 aliphatic rings. The van der Waals surface area contributed by atoms with Gasteiger partial charge in [-0.2, -0.15) is 0 Å². The third kappa shape index (κ3) is 2.60. The monoisotopic (exact) mass is 294 g/mol. The van der Waals surface area contributed by atoms with E-state index in [1.165, 1.54) is 7.11 Å². The summed E-state index contributed by atoms with van der Waals surface area (Å²) >= 11 is 1.57. The summed E-state index contributed by atoms with van der Waals surface area (Å²) in [6.07, 6.45) is 0. The number of thiophene rings is 1. The maximum absolute atomic E-state index is 12.2. The molecule has 0 radical (unpaired) electrons. The van der Waals surface area contributed by atoms with Crippen molar-refractivity contribution in [1.82, 2.24) is 0 Å². The molecule has 3 aromatic rings. The Balaban J connectivity index is 2.19. The zero-order valence-corrected chi connectivity index (χ0v) is 12.4. The molecule has 2 aromatic carbocycles. The minimum absolute atomic E-state index is 0.297. The summed E-state index contributed by atoms with van der Waals surface area (Å²) < 4.78 is 4.99. The Bertz CT molecular complexity index is 688. The molecule has 0 bridgehead atoms. The summed E-state index contributed by atoms with van der Waals surface area (Å²) in [5.41, 5.74) is 3.62. The zero-order chi connectivity index (χ0) is 14.7. The van der Waals surface area contributed by atoms with Crippen LogP contribution in [0.4, 0.5) is 0 Å². The summed E-state index contributed by atoms with van der Waals surface area (Å²) in [5.74, 6) is -0.297. The Labute approximate surface area is 127 Å². The van der Waals surface area contributed by atoms with Crippen molar-refractivity contribution in [1.29, 1.82) is 0 Å². The molecular formula is C18H14O2S. The van der Waals surface area contributed by atoms with Crippen LogP contribution in [0.1, 0.15) is 10.4 Å². The lowest BCUT2D eigenvalue weighted by Gasteiger charge is -2.06. The molecule has 21 heavy (non-hydrogen) atoms. The van der Waals surface area contributed by atoms with Gasteiger partial charge in [0.25, 0.3) is 0 Å². The molecule has 0 saturated carbocycles. The van der Waals surface area contributed by atoms with Gasteiger partial charge >= 0.3 is 5.97 Å². The molecule has 0 spiro atoms. The number of benzene rings is 2. The van der Waals surface area contributed by atoms with E-state index in [9.17, 15) is 4.79 Å². The lowest BCUT2D eigenvalue weighted by Crippen LogP contribution is -2.03. The standard InChI is InChI=1S/C18H14O2S/c1-20-18(19)16-15(13-8-4-2-5-9-13)12-21-17(16)14-10-6-3-7-11-14/h2-12H,1H3. The van der Waals surface area contributed by atoms with Gasteiger partial charge in [0.05, 0.1) is 12.7 Å². The summed E-state index contributed by atoms with van der Waals surface area (Å²) in [7, 11) is 1.42. The van der Waals surface area contributed by atoms with Gasteiger partial charge in [-0.05, 0) is 11.1 Å². The van der Waals surface area contributed by atoms with E-state index in [1.807, 2.05) is 66.0 Å². The maximum Gasteiger partial charge on any atom is 0.339 e. The third-order valence-corrected chi connectivity index (χ3v) is 4.33. The molecule has 0 fully saturated rings. The summed E-state index contributed by atoms with van der Waals surface area (Å²) in [6, 6.07) is 19.8. The number of ether oxygens (including phenoxy) is 1. The fourth-order valence-electron chi connectivity index (χ4n) is 2.29. The van der Waals surface area contributed by atoms with E-state index < -0.39 is 0 Å². The summed E-state index contributed by atoms with van der Waals surface area (Å²) in [5, 5.41) is 2.02. The van der Waals surface area contributed by atoms with Crippen LogP contribution in [-0.4, -0.2) is 13.1 Å². The molecule has 0 unspecified atom stereocenters. The second-order valence-electron chi connectivity index (χ2n) is 4.58. The molecule has 0 saturated heterocycles. The smallest absolute Gasteiger partial charge is 0.339 e. The van der Waals surface area contributed by atoms with E-state index in [4.69, 9.17) is 4.74 Å². The Kier molecular flexibility index (Phi) is 3.84. The lowest BCUT2D eigenvalue weighted by atomic mass is 10.0. The van der Waals surface area contributed by atoms with Crippen molar-refractivity contribution in [2.45, 2.75) is 0 Å². The molecule has 2 nitrogen and oxygen atoms in total. The molecule has 104 valence electrons. The number of esters is 1. The van der Waals surface area contributed by atoms with Crippen molar-refractivity contribution in [2.24, 2.45) is 0 Å². The van der Waals surface area contributed by atoms with Crippen LogP contribution in [-0.2, 0) is 4.74 Å². The van der Waals surface area contributed by atoms with E-state index in [-0.39, 0.29) is 5.97 Å². The topological polar surface area (TPSA) is 26.3 Å². The van der Waals surface area contributed by atoms with E-state index >= 15 is 0 Å². The predicted octanol–water partition coefficient (Wildman–Crippen LogP) is 4.87. The van der Waals surface area contributed by atoms with Crippen LogP contribution < -0.4 is 0 Å². The van der Waals surface area contributed by atoms with Crippen LogP contribution in [0, 0.1) is 0 Å². The first-order chi connectivity index (χ1) is 10.3. The van der Waals surface area contributed by atoms with Gasteiger partial charge in [0.15, 0.2) is 0 Å². The number of hydrogen-bond acceptors (Lipinski definition) is 3. The zero-order valence-electron chi connectivity index (χ0n) is 11.6. The number of rotatable bonds is 3. The Hall–Kier alpha value is -2.39. The maximum atomic E-state index is 12.2. The van der Waals surface area contributed by atoms with Crippen LogP contribution in [0.2, 0.25) is 0 Å². The fourth-order valence-corrected chi connectivity index (χ4v) is 3.37. The Morgan fingerprint density at radius 1 is 0.905 bits per heavy atom. The van der Waals surface area contributed by atoms with Crippen LogP contribution in [0.3, 0.4) is 0 Å². The molecule has 3 heteroatoms. The minimum Gasteiger partial charge on any atom is -0.465 e. The largest absolute Gasteiger partial charge is 0.465 e. The second kappa shape index (κ2) is 5.94. The minimum atomic E-state index is -0.297. The van der Waals surface area contributed by atoms with Gasteiger partial charge in [-0.15, -0.1) is 11.3 Å². The quantitative estimate of drug-likeness (QED) is 0.644. The highest BCUT2D eigenvalue weighted by molar-refractivity contribution is 7.14. The van der Waals surface area contributed by atoms with Crippen molar-refractivity contribution in [3.05, 3.63) is 71.6 Å². The predicted molar refractivity (Wildman–Crippen MR) is 86.5 cm³/mol. The Morgan fingerprint density at radius 2 is 1.48 bits per heavy atom. The van der Waals surface area contributed by atoms with Gasteiger partial charge < -0.3 is 4.74 Å². The van der Waals surface area contributed by atoms with Crippen LogP contribution in [0.15, 0.2) is 66.0 Å². The van der Waals surface area contributed by atoms with Crippen LogP contribution in [0.25, 0.3) is 21.6 Å². The molecule has 0 atom stereocenters. The van der Waals surface area contributed by atoms with Gasteiger partial charge in [0.1, 0.15) is 0 Å². The molecule has 0 amide bonds. The van der Waals surface area contributed by atoms with Crippen molar-refractivity contribution < 1.29 is 9.53 Å². The molecule has 1 heterocycles. The SMILES string of the molecule is COC(=O)c1c(-c2ccccc2)csc1-c1ccccc1. The normalized spacial score (nSPS) is 10.3. The van der Waals surface area contributed by atoms with Gasteiger partial charge in [-0.25, -0.2) is 4.79 Å². The Morgan fingerprint density at radius 3 is 2.05 bits per heavy atom. The first-order valence-corrected chi connectivity index (χ1v) is 7.50. The first kappa shape index (κ1) is 13.6. The van der Waals surface area contributed by atoms with Crippen molar-refractivity contribution in [3.63, 3.8) is 0 Å². The molecular weight excluding hydrogens is 280 g/mol. The molecule has 0 N–H and O–H groups in total. The van der Waals surface area contributed by atoms with Gasteiger partial charge in [0.2, 0.25) is 0 Å². The average Bonchev–Trinajstić information content (AvgIpc) is 3.00. The number of hydrogen-bond donors (Lipinski definition) is 0. The molecule has 0 aliphatic heterocycles. The summed E-state index contributed by atoms with van der Waals surface area (Å²) in [6.45, 7) is 0. The number of carbonyl (C=O) groups excluding carboxylic acids is 1.